The first-order chi connectivity index (χ1) is 7.88. The zero-order valence-electron chi connectivity index (χ0n) is 10.2. The number of imidazole rings is 1. The van der Waals surface area contributed by atoms with E-state index in [1.807, 2.05) is 19.9 Å². The second kappa shape index (κ2) is 3.96. The number of hydrogen-bond donors (Lipinski definition) is 2. The second-order valence-electron chi connectivity index (χ2n) is 4.83. The van der Waals surface area contributed by atoms with Gasteiger partial charge < -0.3 is 10.7 Å². The molecule has 2 rings (SSSR count). The van der Waals surface area contributed by atoms with Crippen molar-refractivity contribution in [1.82, 2.24) is 9.97 Å². The molecule has 0 saturated heterocycles. The molecule has 3 nitrogen and oxygen atoms in total. The third-order valence-corrected chi connectivity index (χ3v) is 2.67. The van der Waals surface area contributed by atoms with Crippen molar-refractivity contribution in [3.05, 3.63) is 41.6 Å². The van der Waals surface area contributed by atoms with Crippen LogP contribution < -0.4 is 5.73 Å². The molecule has 1 heterocycles. The summed E-state index contributed by atoms with van der Waals surface area (Å²) in [5.74, 6) is 0.471. The predicted octanol–water partition coefficient (Wildman–Crippen LogP) is 2.72. The van der Waals surface area contributed by atoms with Crippen LogP contribution >= 0.6 is 0 Å². The molecule has 0 fully saturated rings. The van der Waals surface area contributed by atoms with Crippen molar-refractivity contribution in [3.8, 4) is 11.3 Å². The topological polar surface area (TPSA) is 54.7 Å². The van der Waals surface area contributed by atoms with Gasteiger partial charge in [-0.15, -0.1) is 0 Å². The van der Waals surface area contributed by atoms with Crippen molar-refractivity contribution in [3.63, 3.8) is 0 Å². The molecule has 0 unspecified atom stereocenters. The lowest BCUT2D eigenvalue weighted by Crippen LogP contribution is -2.30. The molecule has 0 spiro atoms. The Morgan fingerprint density at radius 1 is 1.35 bits per heavy atom. The van der Waals surface area contributed by atoms with Crippen LogP contribution in [0.5, 0.6) is 0 Å². The highest BCUT2D eigenvalue weighted by Crippen LogP contribution is 2.22. The Bertz CT molecular complexity index is 538. The van der Waals surface area contributed by atoms with Gasteiger partial charge in [0.15, 0.2) is 0 Å². The van der Waals surface area contributed by atoms with E-state index in [1.165, 1.54) is 6.07 Å². The van der Waals surface area contributed by atoms with Crippen molar-refractivity contribution >= 4 is 0 Å². The Balaban J connectivity index is 2.40. The van der Waals surface area contributed by atoms with E-state index in [-0.39, 0.29) is 5.82 Å². The Kier molecular flexibility index (Phi) is 2.75. The molecule has 1 aromatic carbocycles. The fourth-order valence-electron chi connectivity index (χ4n) is 1.56. The van der Waals surface area contributed by atoms with Gasteiger partial charge in [-0.05, 0) is 32.4 Å². The summed E-state index contributed by atoms with van der Waals surface area (Å²) in [4.78, 5) is 7.33. The summed E-state index contributed by atoms with van der Waals surface area (Å²) in [5.41, 5.74) is 7.59. The molecule has 2 aromatic rings. The summed E-state index contributed by atoms with van der Waals surface area (Å²) in [6, 6.07) is 5.11. The number of halogens is 1. The number of rotatable bonds is 2. The normalized spacial score (nSPS) is 11.8. The number of aryl methyl sites for hydroxylation is 1. The molecule has 0 bridgehead atoms. The van der Waals surface area contributed by atoms with Gasteiger partial charge in [0, 0.05) is 5.56 Å². The van der Waals surface area contributed by atoms with Gasteiger partial charge in [0.05, 0.1) is 17.4 Å². The number of nitrogens with zero attached hydrogens (tertiary/aromatic N) is 1. The predicted molar refractivity (Wildman–Crippen MR) is 65.9 cm³/mol. The molecule has 0 atom stereocenters. The van der Waals surface area contributed by atoms with E-state index in [9.17, 15) is 4.39 Å². The smallest absolute Gasteiger partial charge is 0.126 e. The van der Waals surface area contributed by atoms with Crippen LogP contribution in [-0.2, 0) is 5.54 Å². The molecule has 17 heavy (non-hydrogen) atoms. The van der Waals surface area contributed by atoms with Crippen LogP contribution in [0.15, 0.2) is 24.4 Å². The highest BCUT2D eigenvalue weighted by molar-refractivity contribution is 5.59. The molecular weight excluding hydrogens is 217 g/mol. The van der Waals surface area contributed by atoms with Crippen LogP contribution in [0, 0.1) is 12.7 Å². The van der Waals surface area contributed by atoms with Gasteiger partial charge in [-0.3, -0.25) is 0 Å². The van der Waals surface area contributed by atoms with E-state index >= 15 is 0 Å². The third kappa shape index (κ3) is 2.36. The molecule has 3 N–H and O–H groups in total. The first kappa shape index (κ1) is 11.8. The fourth-order valence-corrected chi connectivity index (χ4v) is 1.56. The van der Waals surface area contributed by atoms with Crippen molar-refractivity contribution in [1.29, 1.82) is 0 Å². The van der Waals surface area contributed by atoms with Crippen LogP contribution in [0.25, 0.3) is 11.3 Å². The van der Waals surface area contributed by atoms with E-state index in [0.717, 1.165) is 11.3 Å². The lowest BCUT2D eigenvalue weighted by atomic mass is 10.1. The molecule has 0 amide bonds. The van der Waals surface area contributed by atoms with Crippen LogP contribution in [0.3, 0.4) is 0 Å². The highest BCUT2D eigenvalue weighted by atomic mass is 19.1. The van der Waals surface area contributed by atoms with Crippen molar-refractivity contribution in [2.24, 2.45) is 5.73 Å². The molecule has 1 aromatic heterocycles. The van der Waals surface area contributed by atoms with Crippen molar-refractivity contribution in [2.45, 2.75) is 26.3 Å². The van der Waals surface area contributed by atoms with Gasteiger partial charge in [-0.25, -0.2) is 9.37 Å². The molecule has 90 valence electrons. The Morgan fingerprint density at radius 3 is 2.59 bits per heavy atom. The number of aromatic amines is 1. The average molecular weight is 233 g/mol. The summed E-state index contributed by atoms with van der Waals surface area (Å²) in [7, 11) is 0. The van der Waals surface area contributed by atoms with Gasteiger partial charge in [-0.2, -0.15) is 0 Å². The van der Waals surface area contributed by atoms with Gasteiger partial charge >= 0.3 is 0 Å². The Morgan fingerprint density at radius 2 is 2.06 bits per heavy atom. The number of nitrogens with one attached hydrogen (secondary N) is 1. The number of H-pyrrole nitrogens is 1. The molecule has 0 aliphatic carbocycles. The van der Waals surface area contributed by atoms with E-state index < -0.39 is 5.54 Å². The van der Waals surface area contributed by atoms with Crippen LogP contribution in [0.4, 0.5) is 4.39 Å². The SMILES string of the molecule is Cc1ccc(-c2cnc(C(C)(C)N)[nH]2)cc1F. The summed E-state index contributed by atoms with van der Waals surface area (Å²) >= 11 is 0. The zero-order valence-corrected chi connectivity index (χ0v) is 10.2. The summed E-state index contributed by atoms with van der Waals surface area (Å²) in [6.07, 6.45) is 1.67. The van der Waals surface area contributed by atoms with E-state index in [4.69, 9.17) is 5.73 Å². The van der Waals surface area contributed by atoms with Crippen LogP contribution in [-0.4, -0.2) is 9.97 Å². The second-order valence-corrected chi connectivity index (χ2v) is 4.83. The molecule has 0 radical (unpaired) electrons. The minimum absolute atomic E-state index is 0.217. The maximum Gasteiger partial charge on any atom is 0.126 e. The molecule has 0 saturated carbocycles. The first-order valence-electron chi connectivity index (χ1n) is 5.49. The first-order valence-corrected chi connectivity index (χ1v) is 5.49. The zero-order chi connectivity index (χ0) is 12.6. The van der Waals surface area contributed by atoms with E-state index in [2.05, 4.69) is 9.97 Å². The molecule has 0 aliphatic heterocycles. The summed E-state index contributed by atoms with van der Waals surface area (Å²) in [6.45, 7) is 5.47. The summed E-state index contributed by atoms with van der Waals surface area (Å²) in [5, 5.41) is 0. The monoisotopic (exact) mass is 233 g/mol. The minimum atomic E-state index is -0.526. The Labute approximate surface area is 99.9 Å². The standard InChI is InChI=1S/C13H16FN3/c1-8-4-5-9(6-10(8)14)11-7-16-12(17-11)13(2,3)15/h4-7H,15H2,1-3H3,(H,16,17). The quantitative estimate of drug-likeness (QED) is 0.838. The third-order valence-electron chi connectivity index (χ3n) is 2.67. The Hall–Kier alpha value is -1.68. The lowest BCUT2D eigenvalue weighted by molar-refractivity contribution is 0.520. The van der Waals surface area contributed by atoms with Crippen LogP contribution in [0.1, 0.15) is 25.2 Å². The van der Waals surface area contributed by atoms with Gasteiger partial charge in [0.1, 0.15) is 11.6 Å². The van der Waals surface area contributed by atoms with Crippen LogP contribution in [0.2, 0.25) is 0 Å². The lowest BCUT2D eigenvalue weighted by Gasteiger charge is -2.14. The minimum Gasteiger partial charge on any atom is -0.340 e. The maximum absolute atomic E-state index is 13.4. The van der Waals surface area contributed by atoms with Gasteiger partial charge in [0.2, 0.25) is 0 Å². The van der Waals surface area contributed by atoms with E-state index in [0.29, 0.717) is 11.4 Å². The number of hydrogen-bond acceptors (Lipinski definition) is 2. The molecular formula is C13H16FN3. The number of benzene rings is 1. The average Bonchev–Trinajstić information content (AvgIpc) is 2.70. The van der Waals surface area contributed by atoms with Crippen molar-refractivity contribution < 1.29 is 4.39 Å². The fraction of sp³-hybridized carbons (Fsp3) is 0.308. The van der Waals surface area contributed by atoms with Gasteiger partial charge in [0.25, 0.3) is 0 Å². The van der Waals surface area contributed by atoms with Gasteiger partial charge in [-0.1, -0.05) is 12.1 Å². The number of nitrogens with two attached hydrogens (primary N) is 1. The maximum atomic E-state index is 13.4. The molecule has 4 heteroatoms. The number of aromatic nitrogens is 2. The highest BCUT2D eigenvalue weighted by Gasteiger charge is 2.18. The molecule has 0 aliphatic rings. The largest absolute Gasteiger partial charge is 0.340 e. The summed E-state index contributed by atoms with van der Waals surface area (Å²) < 4.78 is 13.4. The van der Waals surface area contributed by atoms with Crippen molar-refractivity contribution in [2.75, 3.05) is 0 Å². The van der Waals surface area contributed by atoms with E-state index in [1.54, 1.807) is 19.2 Å².